The fraction of sp³-hybridized carbons (Fsp3) is 0.818. The van der Waals surface area contributed by atoms with Crippen LogP contribution in [0, 0.1) is 5.92 Å². The van der Waals surface area contributed by atoms with E-state index in [2.05, 4.69) is 6.92 Å². The van der Waals surface area contributed by atoms with Crippen molar-refractivity contribution in [2.24, 2.45) is 5.92 Å². The van der Waals surface area contributed by atoms with Gasteiger partial charge in [-0.05, 0) is 6.42 Å². The van der Waals surface area contributed by atoms with Gasteiger partial charge in [0.1, 0.15) is 0 Å². The van der Waals surface area contributed by atoms with Gasteiger partial charge in [0, 0.05) is 0 Å². The molecule has 0 heterocycles. The number of rotatable bonds is 9. The number of hydrogen-bond acceptors (Lipinski definition) is 2. The summed E-state index contributed by atoms with van der Waals surface area (Å²) >= 11 is 0. The molecule has 0 aromatic carbocycles. The second-order valence-corrected chi connectivity index (χ2v) is 3.79. The van der Waals surface area contributed by atoms with Gasteiger partial charge in [-0.25, -0.2) is 0 Å². The second kappa shape index (κ2) is 12.0. The molecule has 16 heavy (non-hydrogen) atoms. The number of aliphatic carboxylic acids is 2. The summed E-state index contributed by atoms with van der Waals surface area (Å²) in [5.74, 6) is -3.68. The van der Waals surface area contributed by atoms with Crippen LogP contribution in [0.3, 0.4) is 0 Å². The number of carbonyl (C=O) groups is 2. The smallest absolute Gasteiger partial charge is 1.00 e. The minimum Gasteiger partial charge on any atom is -1.00 e. The maximum Gasteiger partial charge on any atom is 2.00 e. The van der Waals surface area contributed by atoms with E-state index in [4.69, 9.17) is 10.2 Å². The third kappa shape index (κ3) is 9.72. The molecule has 0 aromatic heterocycles. The van der Waals surface area contributed by atoms with E-state index in [1.165, 1.54) is 12.8 Å². The third-order valence-corrected chi connectivity index (χ3v) is 2.44. The van der Waals surface area contributed by atoms with Gasteiger partial charge in [-0.3, -0.25) is 9.59 Å². The Kier molecular flexibility index (Phi) is 14.1. The van der Waals surface area contributed by atoms with Crippen LogP contribution in [-0.2, 0) is 9.59 Å². The SMILES string of the molecule is CCCCCCCCC(C(=O)O)C(=O)O.[Ba+2].[H-].[H-]. The van der Waals surface area contributed by atoms with Crippen molar-refractivity contribution < 1.29 is 22.7 Å². The first kappa shape index (κ1) is 18.9. The van der Waals surface area contributed by atoms with Gasteiger partial charge in [-0.1, -0.05) is 45.4 Å². The van der Waals surface area contributed by atoms with Gasteiger partial charge in [0.15, 0.2) is 5.92 Å². The Morgan fingerprint density at radius 1 is 1.00 bits per heavy atom. The molecule has 0 unspecified atom stereocenters. The summed E-state index contributed by atoms with van der Waals surface area (Å²) in [5.41, 5.74) is 0. The topological polar surface area (TPSA) is 74.6 Å². The number of carboxylic acids is 2. The van der Waals surface area contributed by atoms with Crippen LogP contribution < -0.4 is 0 Å². The zero-order valence-electron chi connectivity index (χ0n) is 11.9. The third-order valence-electron chi connectivity index (χ3n) is 2.44. The standard InChI is InChI=1S/C11H20O4.Ba.2H/c1-2-3-4-5-6-7-8-9(10(12)13)11(14)15;;;/h9H,2-8H2,1H3,(H,12,13)(H,14,15);;;/q;+2;2*-1. The average molecular weight is 356 g/mol. The van der Waals surface area contributed by atoms with Gasteiger partial charge in [-0.2, -0.15) is 0 Å². The maximum absolute atomic E-state index is 10.5. The van der Waals surface area contributed by atoms with Gasteiger partial charge in [0.2, 0.25) is 0 Å². The molecule has 0 aliphatic rings. The monoisotopic (exact) mass is 356 g/mol. The molecule has 0 saturated heterocycles. The van der Waals surface area contributed by atoms with Crippen molar-refractivity contribution in [3.8, 4) is 0 Å². The first-order chi connectivity index (χ1) is 7.09. The summed E-state index contributed by atoms with van der Waals surface area (Å²) in [7, 11) is 0. The molecule has 0 aliphatic heterocycles. The van der Waals surface area contributed by atoms with Crippen molar-refractivity contribution in [3.05, 3.63) is 0 Å². The van der Waals surface area contributed by atoms with E-state index in [0.717, 1.165) is 19.3 Å². The number of hydrogen-bond donors (Lipinski definition) is 2. The van der Waals surface area contributed by atoms with Crippen LogP contribution in [-0.4, -0.2) is 71.0 Å². The predicted octanol–water partition coefficient (Wildman–Crippen LogP) is 2.37. The van der Waals surface area contributed by atoms with Crippen LogP contribution in [0.2, 0.25) is 0 Å². The molecular formula is C11H22BaO4. The Balaban J connectivity index is -0.000000327. The van der Waals surface area contributed by atoms with E-state index < -0.39 is 17.9 Å². The summed E-state index contributed by atoms with van der Waals surface area (Å²) in [4.78, 5) is 21.1. The zero-order valence-corrected chi connectivity index (χ0v) is 14.4. The van der Waals surface area contributed by atoms with E-state index in [0.29, 0.717) is 6.42 Å². The Bertz CT molecular complexity index is 201. The molecule has 0 fully saturated rings. The number of carboxylic acid groups (broad SMARTS) is 2. The zero-order chi connectivity index (χ0) is 11.7. The first-order valence-electron chi connectivity index (χ1n) is 5.55. The first-order valence-corrected chi connectivity index (χ1v) is 5.55. The van der Waals surface area contributed by atoms with Crippen LogP contribution in [0.4, 0.5) is 0 Å². The van der Waals surface area contributed by atoms with Crippen molar-refractivity contribution in [2.45, 2.75) is 51.9 Å². The Morgan fingerprint density at radius 3 is 1.88 bits per heavy atom. The fourth-order valence-corrected chi connectivity index (χ4v) is 1.48. The van der Waals surface area contributed by atoms with Crippen LogP contribution in [0.1, 0.15) is 54.7 Å². The quantitative estimate of drug-likeness (QED) is 0.378. The van der Waals surface area contributed by atoms with Gasteiger partial charge in [-0.15, -0.1) is 0 Å². The molecule has 0 bridgehead atoms. The Labute approximate surface area is 140 Å². The molecule has 92 valence electrons. The molecule has 4 nitrogen and oxygen atoms in total. The molecule has 0 aromatic rings. The molecular weight excluding hydrogens is 333 g/mol. The predicted molar refractivity (Wildman–Crippen MR) is 64.7 cm³/mol. The van der Waals surface area contributed by atoms with Crippen molar-refractivity contribution in [1.29, 1.82) is 0 Å². The minimum absolute atomic E-state index is 0. The Morgan fingerprint density at radius 2 is 1.44 bits per heavy atom. The van der Waals surface area contributed by atoms with E-state index in [-0.39, 0.29) is 58.2 Å². The van der Waals surface area contributed by atoms with Crippen LogP contribution in [0.5, 0.6) is 0 Å². The van der Waals surface area contributed by atoms with Gasteiger partial charge < -0.3 is 13.1 Å². The molecule has 0 aliphatic carbocycles. The van der Waals surface area contributed by atoms with Crippen LogP contribution in [0.15, 0.2) is 0 Å². The van der Waals surface area contributed by atoms with Crippen molar-refractivity contribution in [3.63, 3.8) is 0 Å². The number of unbranched alkanes of at least 4 members (excludes halogenated alkanes) is 5. The van der Waals surface area contributed by atoms with E-state index in [1.807, 2.05) is 0 Å². The molecule has 0 atom stereocenters. The molecule has 0 spiro atoms. The van der Waals surface area contributed by atoms with Crippen LogP contribution in [0.25, 0.3) is 0 Å². The summed E-state index contributed by atoms with van der Waals surface area (Å²) < 4.78 is 0. The molecule has 0 radical (unpaired) electrons. The summed E-state index contributed by atoms with van der Waals surface area (Å²) in [6.45, 7) is 2.13. The van der Waals surface area contributed by atoms with Gasteiger partial charge in [0.25, 0.3) is 0 Å². The van der Waals surface area contributed by atoms with Crippen LogP contribution >= 0.6 is 0 Å². The molecule has 5 heteroatoms. The molecule has 0 rings (SSSR count). The van der Waals surface area contributed by atoms with Crippen molar-refractivity contribution in [2.75, 3.05) is 0 Å². The largest absolute Gasteiger partial charge is 2.00 e. The van der Waals surface area contributed by atoms with E-state index in [1.54, 1.807) is 0 Å². The summed E-state index contributed by atoms with van der Waals surface area (Å²) in [5, 5.41) is 17.2. The molecule has 0 saturated carbocycles. The molecule has 2 N–H and O–H groups in total. The fourth-order valence-electron chi connectivity index (χ4n) is 1.48. The van der Waals surface area contributed by atoms with Crippen molar-refractivity contribution >= 4 is 60.8 Å². The average Bonchev–Trinajstić information content (AvgIpc) is 2.15. The van der Waals surface area contributed by atoms with E-state index >= 15 is 0 Å². The minimum atomic E-state index is -1.23. The Hall–Kier alpha value is 0.511. The van der Waals surface area contributed by atoms with Gasteiger partial charge >= 0.3 is 60.8 Å². The normalized spacial score (nSPS) is 9.88. The van der Waals surface area contributed by atoms with Gasteiger partial charge in [0.05, 0.1) is 0 Å². The summed E-state index contributed by atoms with van der Waals surface area (Å²) in [6, 6.07) is 0. The van der Waals surface area contributed by atoms with Crippen molar-refractivity contribution in [1.82, 2.24) is 0 Å². The van der Waals surface area contributed by atoms with E-state index in [9.17, 15) is 9.59 Å². The molecule has 0 amide bonds. The second-order valence-electron chi connectivity index (χ2n) is 3.79. The maximum atomic E-state index is 10.5. The summed E-state index contributed by atoms with van der Waals surface area (Å²) in [6.07, 6.45) is 6.45.